The average molecular weight is 288 g/mol. The van der Waals surface area contributed by atoms with Crippen LogP contribution in [0.15, 0.2) is 24.5 Å². The van der Waals surface area contributed by atoms with E-state index in [4.69, 9.17) is 0 Å². The number of aromatic nitrogens is 1. The minimum atomic E-state index is 0.0187. The van der Waals surface area contributed by atoms with Gasteiger partial charge in [-0.1, -0.05) is 0 Å². The molecule has 0 radical (unpaired) electrons. The van der Waals surface area contributed by atoms with Crippen LogP contribution in [0.5, 0.6) is 0 Å². The van der Waals surface area contributed by atoms with Crippen molar-refractivity contribution in [1.29, 1.82) is 0 Å². The molecule has 2 heterocycles. The van der Waals surface area contributed by atoms with Crippen LogP contribution in [-0.4, -0.2) is 65.4 Å². The molecule has 6 nitrogen and oxygen atoms in total. The average Bonchev–Trinajstić information content (AvgIpc) is 3.32. The normalized spacial score (nSPS) is 19.3. The highest BCUT2D eigenvalue weighted by Gasteiger charge is 2.26. The van der Waals surface area contributed by atoms with Gasteiger partial charge in [-0.05, 0) is 25.0 Å². The molecule has 1 aliphatic heterocycles. The summed E-state index contributed by atoms with van der Waals surface area (Å²) in [7, 11) is 0. The van der Waals surface area contributed by atoms with Crippen LogP contribution in [-0.2, 0) is 4.79 Å². The van der Waals surface area contributed by atoms with Crippen molar-refractivity contribution in [1.82, 2.24) is 20.1 Å². The summed E-state index contributed by atoms with van der Waals surface area (Å²) < 4.78 is 0. The van der Waals surface area contributed by atoms with E-state index >= 15 is 0 Å². The zero-order valence-electron chi connectivity index (χ0n) is 12.0. The summed E-state index contributed by atoms with van der Waals surface area (Å²) in [5.41, 5.74) is 0.623. The molecule has 1 saturated heterocycles. The van der Waals surface area contributed by atoms with Crippen molar-refractivity contribution in [3.05, 3.63) is 30.1 Å². The Kier molecular flexibility index (Phi) is 4.15. The van der Waals surface area contributed by atoms with E-state index in [1.54, 1.807) is 24.5 Å². The second-order valence-corrected chi connectivity index (χ2v) is 5.65. The van der Waals surface area contributed by atoms with E-state index in [1.807, 2.05) is 4.90 Å². The van der Waals surface area contributed by atoms with Gasteiger partial charge in [-0.15, -0.1) is 0 Å². The van der Waals surface area contributed by atoms with Gasteiger partial charge in [-0.25, -0.2) is 0 Å². The van der Waals surface area contributed by atoms with Crippen LogP contribution in [0.4, 0.5) is 0 Å². The Balaban J connectivity index is 1.46. The van der Waals surface area contributed by atoms with Gasteiger partial charge in [-0.3, -0.25) is 19.5 Å². The summed E-state index contributed by atoms with van der Waals surface area (Å²) in [5, 5.41) is 2.99. The number of piperazine rings is 1. The van der Waals surface area contributed by atoms with Gasteiger partial charge in [0, 0.05) is 44.6 Å². The monoisotopic (exact) mass is 288 g/mol. The molecule has 0 unspecified atom stereocenters. The van der Waals surface area contributed by atoms with Gasteiger partial charge < -0.3 is 10.2 Å². The number of carbonyl (C=O) groups is 2. The van der Waals surface area contributed by atoms with Crippen LogP contribution < -0.4 is 5.32 Å². The van der Waals surface area contributed by atoms with Crippen LogP contribution in [0, 0.1) is 0 Å². The van der Waals surface area contributed by atoms with Crippen molar-refractivity contribution in [2.45, 2.75) is 18.9 Å². The highest BCUT2D eigenvalue weighted by Crippen LogP contribution is 2.18. The fourth-order valence-corrected chi connectivity index (χ4v) is 2.48. The molecule has 1 N–H and O–H groups in total. The van der Waals surface area contributed by atoms with Crippen LogP contribution in [0.2, 0.25) is 0 Å². The fourth-order valence-electron chi connectivity index (χ4n) is 2.48. The van der Waals surface area contributed by atoms with Gasteiger partial charge in [-0.2, -0.15) is 0 Å². The highest BCUT2D eigenvalue weighted by atomic mass is 16.2. The molecule has 2 aliphatic rings. The largest absolute Gasteiger partial charge is 0.352 e. The van der Waals surface area contributed by atoms with Crippen LogP contribution in [0.25, 0.3) is 0 Å². The van der Waals surface area contributed by atoms with Gasteiger partial charge in [0.15, 0.2) is 0 Å². The molecule has 0 bridgehead atoms. The molecule has 1 aliphatic carbocycles. The van der Waals surface area contributed by atoms with Gasteiger partial charge >= 0.3 is 0 Å². The second-order valence-electron chi connectivity index (χ2n) is 5.65. The first-order chi connectivity index (χ1) is 10.2. The summed E-state index contributed by atoms with van der Waals surface area (Å²) in [5.74, 6) is 0.120. The molecule has 3 rings (SSSR count). The first-order valence-electron chi connectivity index (χ1n) is 7.43. The Morgan fingerprint density at radius 1 is 1.24 bits per heavy atom. The predicted molar refractivity (Wildman–Crippen MR) is 77.7 cm³/mol. The molecule has 2 amide bonds. The second kappa shape index (κ2) is 6.22. The Labute approximate surface area is 124 Å². The van der Waals surface area contributed by atoms with Crippen molar-refractivity contribution >= 4 is 11.8 Å². The molecule has 1 aromatic heterocycles. The van der Waals surface area contributed by atoms with Gasteiger partial charge in [0.05, 0.1) is 12.1 Å². The topological polar surface area (TPSA) is 65.5 Å². The quantitative estimate of drug-likeness (QED) is 0.854. The van der Waals surface area contributed by atoms with E-state index in [2.05, 4.69) is 15.2 Å². The third-order valence-electron chi connectivity index (χ3n) is 3.88. The van der Waals surface area contributed by atoms with E-state index in [9.17, 15) is 9.59 Å². The first kappa shape index (κ1) is 14.0. The molecule has 112 valence electrons. The van der Waals surface area contributed by atoms with E-state index in [0.717, 1.165) is 25.9 Å². The Morgan fingerprint density at radius 3 is 2.62 bits per heavy atom. The minimum Gasteiger partial charge on any atom is -0.352 e. The van der Waals surface area contributed by atoms with E-state index < -0.39 is 0 Å². The van der Waals surface area contributed by atoms with Crippen molar-refractivity contribution in [2.24, 2.45) is 0 Å². The SMILES string of the molecule is O=C(CN1CCN(C(=O)c2cccnc2)CC1)NC1CC1. The summed E-state index contributed by atoms with van der Waals surface area (Å²) in [6, 6.07) is 3.96. The number of carbonyl (C=O) groups excluding carboxylic acids is 2. The zero-order chi connectivity index (χ0) is 14.7. The predicted octanol–water partition coefficient (Wildman–Crippen LogP) is 0.118. The lowest BCUT2D eigenvalue weighted by Crippen LogP contribution is -2.51. The molecular weight excluding hydrogens is 268 g/mol. The molecule has 0 atom stereocenters. The summed E-state index contributed by atoms with van der Waals surface area (Å²) >= 11 is 0. The van der Waals surface area contributed by atoms with Crippen molar-refractivity contribution in [2.75, 3.05) is 32.7 Å². The maximum Gasteiger partial charge on any atom is 0.255 e. The van der Waals surface area contributed by atoms with Gasteiger partial charge in [0.2, 0.25) is 5.91 Å². The summed E-state index contributed by atoms with van der Waals surface area (Å²) in [6.45, 7) is 3.23. The fraction of sp³-hybridized carbons (Fsp3) is 0.533. The third kappa shape index (κ3) is 3.78. The van der Waals surface area contributed by atoms with Gasteiger partial charge in [0.1, 0.15) is 0 Å². The maximum atomic E-state index is 12.3. The summed E-state index contributed by atoms with van der Waals surface area (Å²) in [6.07, 6.45) is 5.48. The maximum absolute atomic E-state index is 12.3. The lowest BCUT2D eigenvalue weighted by atomic mass is 10.2. The van der Waals surface area contributed by atoms with Crippen molar-refractivity contribution < 1.29 is 9.59 Å². The highest BCUT2D eigenvalue weighted by molar-refractivity contribution is 5.93. The van der Waals surface area contributed by atoms with Gasteiger partial charge in [0.25, 0.3) is 5.91 Å². The lowest BCUT2D eigenvalue weighted by molar-refractivity contribution is -0.122. The molecule has 1 saturated carbocycles. The molecule has 2 fully saturated rings. The van der Waals surface area contributed by atoms with Crippen LogP contribution in [0.3, 0.4) is 0 Å². The number of nitrogens with zero attached hydrogens (tertiary/aromatic N) is 3. The van der Waals surface area contributed by atoms with Crippen molar-refractivity contribution in [3.8, 4) is 0 Å². The lowest BCUT2D eigenvalue weighted by Gasteiger charge is -2.34. The number of nitrogens with one attached hydrogen (secondary N) is 1. The third-order valence-corrected chi connectivity index (χ3v) is 3.88. The molecule has 0 spiro atoms. The zero-order valence-corrected chi connectivity index (χ0v) is 12.0. The molecule has 0 aromatic carbocycles. The Morgan fingerprint density at radius 2 is 2.00 bits per heavy atom. The number of hydrogen-bond donors (Lipinski definition) is 1. The van der Waals surface area contributed by atoms with Crippen LogP contribution >= 0.6 is 0 Å². The number of rotatable bonds is 4. The number of pyridine rings is 1. The molecule has 21 heavy (non-hydrogen) atoms. The molecule has 6 heteroatoms. The van der Waals surface area contributed by atoms with E-state index in [1.165, 1.54) is 0 Å². The summed E-state index contributed by atoms with van der Waals surface area (Å²) in [4.78, 5) is 31.9. The van der Waals surface area contributed by atoms with E-state index in [0.29, 0.717) is 31.2 Å². The number of amides is 2. The smallest absolute Gasteiger partial charge is 0.255 e. The van der Waals surface area contributed by atoms with Crippen molar-refractivity contribution in [3.63, 3.8) is 0 Å². The standard InChI is InChI=1S/C15H20N4O2/c20-14(17-13-3-4-13)11-18-6-8-19(9-7-18)15(21)12-2-1-5-16-10-12/h1-2,5,10,13H,3-4,6-9,11H2,(H,17,20). The Bertz CT molecular complexity index is 508. The molecular formula is C15H20N4O2. The van der Waals surface area contributed by atoms with Crippen LogP contribution in [0.1, 0.15) is 23.2 Å². The van der Waals surface area contributed by atoms with E-state index in [-0.39, 0.29) is 11.8 Å². The Hall–Kier alpha value is -1.95. The molecule has 1 aromatic rings. The number of hydrogen-bond acceptors (Lipinski definition) is 4. The first-order valence-corrected chi connectivity index (χ1v) is 7.43. The minimum absolute atomic E-state index is 0.0187.